The van der Waals surface area contributed by atoms with Crippen molar-refractivity contribution >= 4 is 11.4 Å². The van der Waals surface area contributed by atoms with Gasteiger partial charge in [-0.15, -0.1) is 0 Å². The number of nitro groups is 2. The van der Waals surface area contributed by atoms with Crippen LogP contribution in [0.5, 0.6) is 11.5 Å². The molecular formula is C18H20N2O6. The summed E-state index contributed by atoms with van der Waals surface area (Å²) in [6, 6.07) is 12.2. The number of nitrogens with zero attached hydrogens (tertiary/aromatic N) is 2. The summed E-state index contributed by atoms with van der Waals surface area (Å²) in [7, 11) is 0. The molecular weight excluding hydrogens is 340 g/mol. The zero-order valence-electron chi connectivity index (χ0n) is 14.2. The van der Waals surface area contributed by atoms with Crippen molar-refractivity contribution in [2.24, 2.45) is 0 Å². The van der Waals surface area contributed by atoms with Gasteiger partial charge in [0, 0.05) is 12.1 Å². The lowest BCUT2D eigenvalue weighted by Crippen LogP contribution is -2.00. The first-order valence-corrected chi connectivity index (χ1v) is 8.31. The van der Waals surface area contributed by atoms with Gasteiger partial charge in [-0.25, -0.2) is 0 Å². The van der Waals surface area contributed by atoms with E-state index in [0.717, 1.165) is 25.7 Å². The van der Waals surface area contributed by atoms with E-state index in [-0.39, 0.29) is 11.4 Å². The zero-order valence-corrected chi connectivity index (χ0v) is 14.2. The Hall–Kier alpha value is -3.16. The fourth-order valence-corrected chi connectivity index (χ4v) is 2.31. The van der Waals surface area contributed by atoms with Crippen molar-refractivity contribution < 1.29 is 19.3 Å². The fourth-order valence-electron chi connectivity index (χ4n) is 2.31. The molecule has 0 bridgehead atoms. The van der Waals surface area contributed by atoms with Gasteiger partial charge in [0.1, 0.15) is 11.5 Å². The summed E-state index contributed by atoms with van der Waals surface area (Å²) in [5.74, 6) is 0.987. The van der Waals surface area contributed by atoms with E-state index in [2.05, 4.69) is 0 Å². The molecule has 0 aliphatic carbocycles. The first-order valence-electron chi connectivity index (χ1n) is 8.31. The Bertz CT molecular complexity index is 686. The number of hydrogen-bond acceptors (Lipinski definition) is 6. The fraction of sp³-hybridized carbons (Fsp3) is 0.333. The normalized spacial score (nSPS) is 10.3. The first kappa shape index (κ1) is 19.2. The van der Waals surface area contributed by atoms with Crippen molar-refractivity contribution in [1.82, 2.24) is 0 Å². The van der Waals surface area contributed by atoms with E-state index in [4.69, 9.17) is 9.47 Å². The zero-order chi connectivity index (χ0) is 18.8. The van der Waals surface area contributed by atoms with Crippen LogP contribution in [0.1, 0.15) is 25.7 Å². The Morgan fingerprint density at radius 2 is 1.12 bits per heavy atom. The molecule has 26 heavy (non-hydrogen) atoms. The highest BCUT2D eigenvalue weighted by Gasteiger charge is 2.07. The number of rotatable bonds is 11. The van der Waals surface area contributed by atoms with Crippen molar-refractivity contribution in [1.29, 1.82) is 0 Å². The van der Waals surface area contributed by atoms with Gasteiger partial charge in [-0.2, -0.15) is 0 Å². The van der Waals surface area contributed by atoms with Crippen LogP contribution in [0.4, 0.5) is 11.4 Å². The number of nitro benzene ring substituents is 2. The summed E-state index contributed by atoms with van der Waals surface area (Å²) in [6.45, 7) is 0.986. The minimum Gasteiger partial charge on any atom is -0.493 e. The number of unbranched alkanes of at least 4 members (excludes halogenated alkanes) is 3. The molecule has 0 saturated carbocycles. The molecule has 2 aromatic carbocycles. The molecule has 0 heterocycles. The van der Waals surface area contributed by atoms with Crippen LogP contribution < -0.4 is 9.47 Å². The van der Waals surface area contributed by atoms with Gasteiger partial charge in [-0.1, -0.05) is 12.1 Å². The summed E-state index contributed by atoms with van der Waals surface area (Å²) < 4.78 is 11.0. The third-order valence-electron chi connectivity index (χ3n) is 3.63. The SMILES string of the molecule is O=[N+]([O-])c1cccc(OCCCCCCOc2cccc([N+](=O)[O-])c2)c1. The molecule has 0 radical (unpaired) electrons. The van der Waals surface area contributed by atoms with Gasteiger partial charge < -0.3 is 9.47 Å². The maximum Gasteiger partial charge on any atom is 0.273 e. The molecule has 2 rings (SSSR count). The predicted molar refractivity (Wildman–Crippen MR) is 95.7 cm³/mol. The lowest BCUT2D eigenvalue weighted by atomic mass is 10.2. The van der Waals surface area contributed by atoms with E-state index in [1.807, 2.05) is 0 Å². The third kappa shape index (κ3) is 6.39. The minimum atomic E-state index is -0.450. The van der Waals surface area contributed by atoms with Crippen molar-refractivity contribution in [3.05, 3.63) is 68.8 Å². The quantitative estimate of drug-likeness (QED) is 0.331. The summed E-state index contributed by atoms with van der Waals surface area (Å²) in [5.41, 5.74) is 0.0293. The molecule has 0 unspecified atom stereocenters. The maximum absolute atomic E-state index is 10.7. The summed E-state index contributed by atoms with van der Waals surface area (Å²) in [5, 5.41) is 21.4. The van der Waals surface area contributed by atoms with Crippen molar-refractivity contribution in [2.75, 3.05) is 13.2 Å². The van der Waals surface area contributed by atoms with Gasteiger partial charge in [0.2, 0.25) is 0 Å². The van der Waals surface area contributed by atoms with Gasteiger partial charge in [-0.3, -0.25) is 20.2 Å². The highest BCUT2D eigenvalue weighted by molar-refractivity contribution is 5.38. The number of ether oxygens (including phenoxy) is 2. The molecule has 8 heteroatoms. The highest BCUT2D eigenvalue weighted by Crippen LogP contribution is 2.20. The lowest BCUT2D eigenvalue weighted by Gasteiger charge is -2.07. The van der Waals surface area contributed by atoms with E-state index in [0.29, 0.717) is 24.7 Å². The monoisotopic (exact) mass is 360 g/mol. The molecule has 0 saturated heterocycles. The summed E-state index contributed by atoms with van der Waals surface area (Å²) in [4.78, 5) is 20.5. The van der Waals surface area contributed by atoms with Crippen LogP contribution in [-0.4, -0.2) is 23.1 Å². The van der Waals surface area contributed by atoms with E-state index >= 15 is 0 Å². The van der Waals surface area contributed by atoms with Crippen LogP contribution in [0.15, 0.2) is 48.5 Å². The van der Waals surface area contributed by atoms with Gasteiger partial charge in [0.15, 0.2) is 0 Å². The molecule has 0 atom stereocenters. The Kier molecular flexibility index (Phi) is 7.35. The smallest absolute Gasteiger partial charge is 0.273 e. The molecule has 0 fully saturated rings. The Balaban J connectivity index is 1.57. The Labute approximate surface area is 150 Å². The van der Waals surface area contributed by atoms with Gasteiger partial charge in [0.05, 0.1) is 35.2 Å². The van der Waals surface area contributed by atoms with Crippen LogP contribution in [-0.2, 0) is 0 Å². The molecule has 0 aromatic heterocycles. The van der Waals surface area contributed by atoms with Crippen LogP contribution >= 0.6 is 0 Å². The Morgan fingerprint density at radius 1 is 0.692 bits per heavy atom. The van der Waals surface area contributed by atoms with E-state index in [9.17, 15) is 20.2 Å². The predicted octanol–water partition coefficient (Wildman–Crippen LogP) is 4.52. The highest BCUT2D eigenvalue weighted by atomic mass is 16.6. The maximum atomic E-state index is 10.7. The molecule has 0 aliphatic rings. The van der Waals surface area contributed by atoms with Crippen molar-refractivity contribution in [2.45, 2.75) is 25.7 Å². The number of non-ortho nitro benzene ring substituents is 2. The van der Waals surface area contributed by atoms with Crippen molar-refractivity contribution in [3.63, 3.8) is 0 Å². The average molecular weight is 360 g/mol. The average Bonchev–Trinajstić information content (AvgIpc) is 2.64. The second kappa shape index (κ2) is 9.97. The Morgan fingerprint density at radius 3 is 1.50 bits per heavy atom. The van der Waals surface area contributed by atoms with Crippen LogP contribution in [0.2, 0.25) is 0 Å². The van der Waals surface area contributed by atoms with Gasteiger partial charge in [0.25, 0.3) is 11.4 Å². The standard InChI is InChI=1S/C18H20N2O6/c21-19(22)15-7-5-9-17(13-15)25-11-3-1-2-4-12-26-18-10-6-8-16(14-18)20(23)24/h5-10,13-14H,1-4,11-12H2. The third-order valence-corrected chi connectivity index (χ3v) is 3.63. The molecule has 2 aromatic rings. The second-order valence-electron chi connectivity index (χ2n) is 5.62. The van der Waals surface area contributed by atoms with Crippen LogP contribution in [0.25, 0.3) is 0 Å². The van der Waals surface area contributed by atoms with Crippen LogP contribution in [0.3, 0.4) is 0 Å². The first-order chi connectivity index (χ1) is 12.6. The molecule has 8 nitrogen and oxygen atoms in total. The molecule has 138 valence electrons. The van der Waals surface area contributed by atoms with Crippen LogP contribution in [0, 0.1) is 20.2 Å². The molecule has 0 aliphatic heterocycles. The van der Waals surface area contributed by atoms with E-state index in [1.165, 1.54) is 24.3 Å². The molecule has 0 N–H and O–H groups in total. The lowest BCUT2D eigenvalue weighted by molar-refractivity contribution is -0.385. The minimum absolute atomic E-state index is 0.0146. The van der Waals surface area contributed by atoms with E-state index < -0.39 is 9.85 Å². The second-order valence-corrected chi connectivity index (χ2v) is 5.62. The van der Waals surface area contributed by atoms with Gasteiger partial charge in [-0.05, 0) is 37.8 Å². The largest absolute Gasteiger partial charge is 0.493 e. The number of hydrogen-bond donors (Lipinski definition) is 0. The number of benzene rings is 2. The van der Waals surface area contributed by atoms with Gasteiger partial charge >= 0.3 is 0 Å². The molecule has 0 spiro atoms. The van der Waals surface area contributed by atoms with E-state index in [1.54, 1.807) is 24.3 Å². The summed E-state index contributed by atoms with van der Waals surface area (Å²) in [6.07, 6.45) is 3.54. The van der Waals surface area contributed by atoms with Crippen molar-refractivity contribution in [3.8, 4) is 11.5 Å². The topological polar surface area (TPSA) is 105 Å². The molecule has 0 amide bonds. The summed E-state index contributed by atoms with van der Waals surface area (Å²) >= 11 is 0.